The van der Waals surface area contributed by atoms with E-state index in [1.807, 2.05) is 36.4 Å². The summed E-state index contributed by atoms with van der Waals surface area (Å²) in [5, 5.41) is 13.4. The van der Waals surface area contributed by atoms with Gasteiger partial charge in [0.25, 0.3) is 0 Å². The zero-order valence-corrected chi connectivity index (χ0v) is 14.3. The summed E-state index contributed by atoms with van der Waals surface area (Å²) in [5.41, 5.74) is 7.78. The van der Waals surface area contributed by atoms with E-state index in [1.165, 1.54) is 0 Å². The molecule has 7 nitrogen and oxygen atoms in total. The molecule has 0 unspecified atom stereocenters. The molecule has 0 atom stereocenters. The number of aromatic nitrogens is 2. The molecule has 0 radical (unpaired) electrons. The van der Waals surface area contributed by atoms with Gasteiger partial charge in [0.15, 0.2) is 5.82 Å². The summed E-state index contributed by atoms with van der Waals surface area (Å²) in [6, 6.07) is 14.9. The van der Waals surface area contributed by atoms with Crippen LogP contribution in [0.15, 0.2) is 48.5 Å². The molecule has 0 aliphatic carbocycles. The van der Waals surface area contributed by atoms with Crippen molar-refractivity contribution in [3.8, 4) is 0 Å². The Balaban J connectivity index is 1.71. The first-order valence-electron chi connectivity index (χ1n) is 8.47. The summed E-state index contributed by atoms with van der Waals surface area (Å²) in [7, 11) is 0. The van der Waals surface area contributed by atoms with Gasteiger partial charge in [0.1, 0.15) is 0 Å². The molecule has 1 aromatic heterocycles. The Morgan fingerprint density at radius 3 is 2.62 bits per heavy atom. The van der Waals surface area contributed by atoms with Crippen molar-refractivity contribution in [3.05, 3.63) is 54.1 Å². The minimum absolute atomic E-state index is 0.0899. The Morgan fingerprint density at radius 2 is 1.85 bits per heavy atom. The average Bonchev–Trinajstić information content (AvgIpc) is 3.03. The summed E-state index contributed by atoms with van der Waals surface area (Å²) >= 11 is 0. The van der Waals surface area contributed by atoms with Crippen LogP contribution in [-0.4, -0.2) is 28.6 Å². The number of benzene rings is 2. The molecule has 26 heavy (non-hydrogen) atoms. The molecule has 3 aromatic rings. The van der Waals surface area contributed by atoms with Gasteiger partial charge in [-0.15, -0.1) is 0 Å². The topological polar surface area (TPSA) is 113 Å². The molecule has 0 saturated carbocycles. The van der Waals surface area contributed by atoms with E-state index in [2.05, 4.69) is 20.8 Å². The van der Waals surface area contributed by atoms with Crippen LogP contribution < -0.4 is 16.4 Å². The number of anilines is 2. The Hall–Kier alpha value is -3.19. The second kappa shape index (κ2) is 8.26. The lowest BCUT2D eigenvalue weighted by molar-refractivity contribution is -0.116. The van der Waals surface area contributed by atoms with Crippen molar-refractivity contribution in [1.82, 2.24) is 10.2 Å². The maximum absolute atomic E-state index is 12.3. The highest BCUT2D eigenvalue weighted by molar-refractivity contribution is 6.02. The number of amides is 2. The van der Waals surface area contributed by atoms with E-state index in [0.29, 0.717) is 30.9 Å². The molecule has 134 valence electrons. The zero-order chi connectivity index (χ0) is 18.4. The maximum Gasteiger partial charge on any atom is 0.230 e. The summed E-state index contributed by atoms with van der Waals surface area (Å²) in [4.78, 5) is 24.1. The monoisotopic (exact) mass is 351 g/mol. The van der Waals surface area contributed by atoms with Crippen LogP contribution in [0.5, 0.6) is 0 Å². The number of hydrogen-bond acceptors (Lipinski definition) is 4. The number of rotatable bonds is 7. The number of hydrogen-bond donors (Lipinski definition) is 4. The van der Waals surface area contributed by atoms with Crippen LogP contribution in [0.3, 0.4) is 0 Å². The van der Waals surface area contributed by atoms with Crippen LogP contribution in [0, 0.1) is 0 Å². The van der Waals surface area contributed by atoms with Crippen LogP contribution in [0.2, 0.25) is 0 Å². The number of nitrogens with one attached hydrogen (secondary N) is 3. The standard InChI is InChI=1S/C19H21N5O2/c20-10-4-7-17(25)21-14-8-9-16-15(12-14)19(24-23-16)22-18(26)11-13-5-2-1-3-6-13/h1-3,5-6,8-9,12H,4,7,10-11,20H2,(H,21,25)(H2,22,23,24,26). The van der Waals surface area contributed by atoms with Crippen LogP contribution in [0.25, 0.3) is 10.9 Å². The van der Waals surface area contributed by atoms with Gasteiger partial charge in [0.2, 0.25) is 11.8 Å². The quantitative estimate of drug-likeness (QED) is 0.523. The molecule has 0 saturated heterocycles. The van der Waals surface area contributed by atoms with Crippen molar-refractivity contribution in [3.63, 3.8) is 0 Å². The highest BCUT2D eigenvalue weighted by Gasteiger charge is 2.11. The lowest BCUT2D eigenvalue weighted by atomic mass is 10.1. The van der Waals surface area contributed by atoms with Crippen LogP contribution in [-0.2, 0) is 16.0 Å². The SMILES string of the molecule is NCCCC(=O)Nc1ccc2[nH]nc(NC(=O)Cc3ccccc3)c2c1. The molecule has 2 aromatic carbocycles. The number of nitrogens with zero attached hydrogens (tertiary/aromatic N) is 1. The van der Waals surface area contributed by atoms with Crippen molar-refractivity contribution in [2.75, 3.05) is 17.2 Å². The summed E-state index contributed by atoms with van der Waals surface area (Å²) in [5.74, 6) is 0.203. The van der Waals surface area contributed by atoms with Gasteiger partial charge in [-0.3, -0.25) is 14.7 Å². The molecule has 1 heterocycles. The third-order valence-electron chi connectivity index (χ3n) is 3.92. The molecule has 3 rings (SSSR count). The van der Waals surface area contributed by atoms with Gasteiger partial charge in [-0.2, -0.15) is 5.10 Å². The van der Waals surface area contributed by atoms with E-state index in [1.54, 1.807) is 12.1 Å². The summed E-state index contributed by atoms with van der Waals surface area (Å²) in [6.45, 7) is 0.478. The minimum atomic E-state index is -0.151. The van der Waals surface area contributed by atoms with Gasteiger partial charge < -0.3 is 16.4 Å². The molecule has 5 N–H and O–H groups in total. The maximum atomic E-state index is 12.3. The third kappa shape index (κ3) is 4.46. The number of carbonyl (C=O) groups is 2. The van der Waals surface area contributed by atoms with Crippen LogP contribution in [0.4, 0.5) is 11.5 Å². The lowest BCUT2D eigenvalue weighted by Gasteiger charge is -2.06. The number of nitrogens with two attached hydrogens (primary N) is 1. The van der Waals surface area contributed by atoms with E-state index >= 15 is 0 Å². The first-order chi connectivity index (χ1) is 12.7. The molecule has 2 amide bonds. The number of fused-ring (bicyclic) bond motifs is 1. The van der Waals surface area contributed by atoms with Crippen LogP contribution in [0.1, 0.15) is 18.4 Å². The Kier molecular flexibility index (Phi) is 5.60. The van der Waals surface area contributed by atoms with Crippen molar-refractivity contribution in [2.24, 2.45) is 5.73 Å². The number of H-pyrrole nitrogens is 1. The zero-order valence-electron chi connectivity index (χ0n) is 14.3. The van der Waals surface area contributed by atoms with Gasteiger partial charge in [-0.1, -0.05) is 30.3 Å². The fourth-order valence-electron chi connectivity index (χ4n) is 2.63. The molecule has 0 aliphatic rings. The normalized spacial score (nSPS) is 10.7. The van der Waals surface area contributed by atoms with Crippen LogP contribution >= 0.6 is 0 Å². The van der Waals surface area contributed by atoms with Gasteiger partial charge in [-0.25, -0.2) is 0 Å². The summed E-state index contributed by atoms with van der Waals surface area (Å²) < 4.78 is 0. The lowest BCUT2D eigenvalue weighted by Crippen LogP contribution is -2.15. The Morgan fingerprint density at radius 1 is 1.04 bits per heavy atom. The fourth-order valence-corrected chi connectivity index (χ4v) is 2.63. The molecule has 0 spiro atoms. The second-order valence-corrected chi connectivity index (χ2v) is 5.98. The van der Waals surface area contributed by atoms with E-state index in [4.69, 9.17) is 5.73 Å². The van der Waals surface area contributed by atoms with E-state index in [9.17, 15) is 9.59 Å². The fraction of sp³-hybridized carbons (Fsp3) is 0.211. The van der Waals surface area contributed by atoms with Crippen molar-refractivity contribution in [2.45, 2.75) is 19.3 Å². The Bertz CT molecular complexity index is 905. The molecular weight excluding hydrogens is 330 g/mol. The van der Waals surface area contributed by atoms with Crippen molar-refractivity contribution >= 4 is 34.2 Å². The van der Waals surface area contributed by atoms with Gasteiger partial charge in [0, 0.05) is 17.5 Å². The number of aromatic amines is 1. The number of carbonyl (C=O) groups excluding carboxylic acids is 2. The van der Waals surface area contributed by atoms with E-state index in [0.717, 1.165) is 16.5 Å². The highest BCUT2D eigenvalue weighted by atomic mass is 16.2. The smallest absolute Gasteiger partial charge is 0.230 e. The minimum Gasteiger partial charge on any atom is -0.330 e. The van der Waals surface area contributed by atoms with Gasteiger partial charge in [-0.05, 0) is 36.7 Å². The largest absolute Gasteiger partial charge is 0.330 e. The third-order valence-corrected chi connectivity index (χ3v) is 3.92. The predicted octanol–water partition coefficient (Wildman–Crippen LogP) is 2.42. The van der Waals surface area contributed by atoms with E-state index in [-0.39, 0.29) is 18.2 Å². The second-order valence-electron chi connectivity index (χ2n) is 5.98. The Labute approximate surface area is 151 Å². The molecule has 0 aliphatic heterocycles. The van der Waals surface area contributed by atoms with E-state index < -0.39 is 0 Å². The average molecular weight is 351 g/mol. The molecule has 0 fully saturated rings. The van der Waals surface area contributed by atoms with Gasteiger partial charge in [0.05, 0.1) is 11.9 Å². The van der Waals surface area contributed by atoms with Crippen molar-refractivity contribution < 1.29 is 9.59 Å². The van der Waals surface area contributed by atoms with Crippen molar-refractivity contribution in [1.29, 1.82) is 0 Å². The first kappa shape index (κ1) is 17.6. The highest BCUT2D eigenvalue weighted by Crippen LogP contribution is 2.24. The first-order valence-corrected chi connectivity index (χ1v) is 8.47. The predicted molar refractivity (Wildman–Crippen MR) is 102 cm³/mol. The summed E-state index contributed by atoms with van der Waals surface area (Å²) in [6.07, 6.45) is 1.28. The molecule has 0 bridgehead atoms. The molecule has 7 heteroatoms. The van der Waals surface area contributed by atoms with Gasteiger partial charge >= 0.3 is 0 Å². The molecular formula is C19H21N5O2.